The van der Waals surface area contributed by atoms with Crippen LogP contribution in [0, 0.1) is 0 Å². The van der Waals surface area contributed by atoms with E-state index in [1.165, 1.54) is 96.3 Å². The molecule has 0 radical (unpaired) electrons. The molecule has 0 aromatic carbocycles. The first kappa shape index (κ1) is 68.0. The van der Waals surface area contributed by atoms with Crippen LogP contribution in [0.5, 0.6) is 0 Å². The van der Waals surface area contributed by atoms with Gasteiger partial charge in [0, 0.05) is 12.8 Å². The molecule has 9 heteroatoms. The number of hydrogen-bond acceptors (Lipinski definition) is 8. The molecule has 0 aromatic heterocycles. The molecule has 0 N–H and O–H groups in total. The second-order valence-corrected chi connectivity index (χ2v) is 19.9. The van der Waals surface area contributed by atoms with Crippen molar-refractivity contribution >= 4 is 17.9 Å². The van der Waals surface area contributed by atoms with Gasteiger partial charge in [-0.15, -0.1) is 0 Å². The molecule has 0 aliphatic carbocycles. The molecule has 410 valence electrons. The number of rotatable bonds is 51. The van der Waals surface area contributed by atoms with Gasteiger partial charge >= 0.3 is 11.9 Å². The van der Waals surface area contributed by atoms with E-state index < -0.39 is 24.3 Å². The van der Waals surface area contributed by atoms with E-state index >= 15 is 0 Å². The van der Waals surface area contributed by atoms with Gasteiger partial charge in [-0.2, -0.15) is 0 Å². The SMILES string of the molecule is CC/C=C\C/C=C\C/C=C\C/C=C\C/C=C\C/C=C\C/C=C\C/C=C\C/C=C\CCCC(=O)OC(COC(=O)CCCCCCCCCCCCCCCCCCCC)COC(OCC[N+](C)(C)C)C(=O)[O-]. The van der Waals surface area contributed by atoms with E-state index in [1.54, 1.807) is 0 Å². The van der Waals surface area contributed by atoms with E-state index in [0.29, 0.717) is 23.9 Å². The molecule has 72 heavy (non-hydrogen) atoms. The molecule has 0 aliphatic heterocycles. The third-order valence-electron chi connectivity index (χ3n) is 11.8. The number of unbranched alkanes of at least 4 members (excludes halogenated alkanes) is 18. The van der Waals surface area contributed by atoms with E-state index in [1.807, 2.05) is 21.1 Å². The summed E-state index contributed by atoms with van der Waals surface area (Å²) in [5.41, 5.74) is 0. The Kier molecular flexibility index (Phi) is 50.3. The van der Waals surface area contributed by atoms with Gasteiger partial charge in [0.1, 0.15) is 13.2 Å². The average Bonchev–Trinajstić information content (AvgIpc) is 3.35. The van der Waals surface area contributed by atoms with Crippen molar-refractivity contribution in [1.82, 2.24) is 0 Å². The molecule has 0 spiro atoms. The molecule has 0 saturated heterocycles. The summed E-state index contributed by atoms with van der Waals surface area (Å²) in [5.74, 6) is -2.37. The maximum atomic E-state index is 12.8. The fraction of sp³-hybridized carbons (Fsp3) is 0.667. The van der Waals surface area contributed by atoms with Gasteiger partial charge in [0.05, 0.1) is 40.3 Å². The fourth-order valence-corrected chi connectivity index (χ4v) is 7.42. The van der Waals surface area contributed by atoms with E-state index in [2.05, 4.69) is 123 Å². The van der Waals surface area contributed by atoms with Gasteiger partial charge in [-0.25, -0.2) is 0 Å². The number of nitrogens with zero attached hydrogens (tertiary/aromatic N) is 1. The number of carboxylic acid groups (broad SMARTS) is 1. The van der Waals surface area contributed by atoms with Crippen LogP contribution in [0.15, 0.2) is 109 Å². The third kappa shape index (κ3) is 53.7. The minimum absolute atomic E-state index is 0.132. The van der Waals surface area contributed by atoms with Crippen LogP contribution in [0.2, 0.25) is 0 Å². The van der Waals surface area contributed by atoms with Crippen molar-refractivity contribution in [2.75, 3.05) is 47.5 Å². The predicted octanol–water partition coefficient (Wildman–Crippen LogP) is 15.4. The minimum Gasteiger partial charge on any atom is -0.545 e. The highest BCUT2D eigenvalue weighted by atomic mass is 16.7. The molecule has 0 heterocycles. The standard InChI is InChI=1S/C63H105NO8/c1-6-8-10-12-14-16-18-20-22-24-26-27-28-29-30-31-32-33-34-35-36-38-40-42-44-46-48-50-52-54-61(66)72-59(58-71-63(62(67)68)69-56-55-64(3,4)5)57-70-60(65)53-51-49-47-45-43-41-39-37-25-23-21-19-17-15-13-11-9-7-2/h8,10,14,16,20,22,26-27,29-30,32-33,35-36,40,42,46,48,59,63H,6-7,9,11-13,15,17-19,21,23-25,28,31,34,37-39,41,43-45,47,49-58H2,1-5H3/b10-8-,16-14-,22-20-,27-26-,30-29-,33-32-,36-35-,42-40-,48-46-. The lowest BCUT2D eigenvalue weighted by molar-refractivity contribution is -0.870. The number of carbonyl (C=O) groups is 3. The normalized spacial score (nSPS) is 13.6. The lowest BCUT2D eigenvalue weighted by Gasteiger charge is -2.26. The quantitative estimate of drug-likeness (QED) is 0.0195. The van der Waals surface area contributed by atoms with E-state index in [0.717, 1.165) is 77.0 Å². The van der Waals surface area contributed by atoms with Crippen LogP contribution in [0.3, 0.4) is 0 Å². The molecule has 9 nitrogen and oxygen atoms in total. The van der Waals surface area contributed by atoms with Crippen LogP contribution < -0.4 is 5.11 Å². The van der Waals surface area contributed by atoms with Crippen molar-refractivity contribution in [1.29, 1.82) is 0 Å². The number of esters is 2. The maximum Gasteiger partial charge on any atom is 0.306 e. The summed E-state index contributed by atoms with van der Waals surface area (Å²) in [7, 11) is 5.89. The molecule has 0 amide bonds. The molecule has 0 rings (SSSR count). The molecule has 0 fully saturated rings. The Bertz CT molecular complexity index is 1540. The van der Waals surface area contributed by atoms with Crippen LogP contribution in [0.4, 0.5) is 0 Å². The Morgan fingerprint density at radius 3 is 1.17 bits per heavy atom. The summed E-state index contributed by atoms with van der Waals surface area (Å²) in [5, 5.41) is 11.8. The van der Waals surface area contributed by atoms with Gasteiger partial charge < -0.3 is 33.3 Å². The Morgan fingerprint density at radius 1 is 0.431 bits per heavy atom. The number of ether oxygens (including phenoxy) is 4. The predicted molar refractivity (Wildman–Crippen MR) is 301 cm³/mol. The van der Waals surface area contributed by atoms with Gasteiger partial charge in [0.2, 0.25) is 0 Å². The molecular weight excluding hydrogens is 899 g/mol. The van der Waals surface area contributed by atoms with Gasteiger partial charge in [-0.3, -0.25) is 9.59 Å². The van der Waals surface area contributed by atoms with Gasteiger partial charge in [0.15, 0.2) is 12.4 Å². The minimum atomic E-state index is -1.64. The molecule has 2 unspecified atom stereocenters. The van der Waals surface area contributed by atoms with Crippen LogP contribution in [0.1, 0.15) is 213 Å². The Balaban J connectivity index is 4.40. The smallest absolute Gasteiger partial charge is 0.306 e. The fourth-order valence-electron chi connectivity index (χ4n) is 7.42. The second-order valence-electron chi connectivity index (χ2n) is 19.9. The zero-order valence-electron chi connectivity index (χ0n) is 46.5. The summed E-state index contributed by atoms with van der Waals surface area (Å²) >= 11 is 0. The Morgan fingerprint density at radius 2 is 0.792 bits per heavy atom. The first-order chi connectivity index (χ1) is 35.1. The molecule has 0 bridgehead atoms. The second kappa shape index (κ2) is 53.2. The molecule has 2 atom stereocenters. The van der Waals surface area contributed by atoms with Crippen LogP contribution in [-0.4, -0.2) is 82.3 Å². The van der Waals surface area contributed by atoms with Crippen LogP contribution in [-0.2, 0) is 33.3 Å². The Hall–Kier alpha value is -4.05. The first-order valence-corrected chi connectivity index (χ1v) is 28.5. The average molecular weight is 1000 g/mol. The molecule has 0 aliphatic rings. The van der Waals surface area contributed by atoms with Crippen molar-refractivity contribution in [3.8, 4) is 0 Å². The number of likely N-dealkylation sites (N-methyl/N-ethyl adjacent to an activating group) is 1. The third-order valence-corrected chi connectivity index (χ3v) is 11.8. The lowest BCUT2D eigenvalue weighted by atomic mass is 10.0. The molecule has 0 saturated carbocycles. The summed E-state index contributed by atoms with van der Waals surface area (Å²) in [6, 6.07) is 0. The van der Waals surface area contributed by atoms with Crippen molar-refractivity contribution < 1.29 is 42.9 Å². The van der Waals surface area contributed by atoms with Crippen molar-refractivity contribution in [2.45, 2.75) is 225 Å². The molecular formula is C63H105NO8. The lowest BCUT2D eigenvalue weighted by Crippen LogP contribution is -2.44. The molecule has 0 aromatic rings. The Labute approximate surface area is 441 Å². The number of quaternary nitrogens is 1. The highest BCUT2D eigenvalue weighted by Crippen LogP contribution is 2.15. The van der Waals surface area contributed by atoms with Crippen molar-refractivity contribution in [3.05, 3.63) is 109 Å². The van der Waals surface area contributed by atoms with E-state index in [9.17, 15) is 19.5 Å². The number of aliphatic carboxylic acids is 1. The van der Waals surface area contributed by atoms with Crippen LogP contribution in [0.25, 0.3) is 0 Å². The van der Waals surface area contributed by atoms with Gasteiger partial charge in [-0.05, 0) is 77.0 Å². The maximum absolute atomic E-state index is 12.8. The van der Waals surface area contributed by atoms with Gasteiger partial charge in [0.25, 0.3) is 0 Å². The van der Waals surface area contributed by atoms with Crippen LogP contribution >= 0.6 is 0 Å². The topological polar surface area (TPSA) is 111 Å². The highest BCUT2D eigenvalue weighted by molar-refractivity contribution is 5.70. The van der Waals surface area contributed by atoms with Gasteiger partial charge in [-0.1, -0.05) is 232 Å². The summed E-state index contributed by atoms with van der Waals surface area (Å²) in [4.78, 5) is 37.2. The number of carbonyl (C=O) groups excluding carboxylic acids is 3. The number of allylic oxidation sites excluding steroid dienone is 18. The zero-order valence-corrected chi connectivity index (χ0v) is 46.5. The highest BCUT2D eigenvalue weighted by Gasteiger charge is 2.21. The van der Waals surface area contributed by atoms with Crippen molar-refractivity contribution in [3.63, 3.8) is 0 Å². The van der Waals surface area contributed by atoms with Crippen molar-refractivity contribution in [2.24, 2.45) is 0 Å². The number of carboxylic acids is 1. The zero-order chi connectivity index (χ0) is 52.7. The summed E-state index contributed by atoms with van der Waals surface area (Å²) < 4.78 is 22.6. The number of hydrogen-bond donors (Lipinski definition) is 0. The largest absolute Gasteiger partial charge is 0.545 e. The first-order valence-electron chi connectivity index (χ1n) is 28.5. The van der Waals surface area contributed by atoms with E-state index in [-0.39, 0.29) is 38.6 Å². The van der Waals surface area contributed by atoms with E-state index in [4.69, 9.17) is 18.9 Å². The monoisotopic (exact) mass is 1000 g/mol. The summed E-state index contributed by atoms with van der Waals surface area (Å²) in [6.45, 7) is 4.57. The summed E-state index contributed by atoms with van der Waals surface area (Å²) in [6.07, 6.45) is 70.0.